The van der Waals surface area contributed by atoms with Crippen LogP contribution in [0.3, 0.4) is 0 Å². The van der Waals surface area contributed by atoms with Crippen LogP contribution in [-0.4, -0.2) is 100 Å². The molecule has 1 aliphatic rings. The highest BCUT2D eigenvalue weighted by Gasteiger charge is 2.44. The lowest BCUT2D eigenvalue weighted by Gasteiger charge is -2.40. The van der Waals surface area contributed by atoms with Gasteiger partial charge in [0, 0.05) is 12.8 Å². The molecule has 7 unspecified atom stereocenters. The molecule has 0 aromatic rings. The van der Waals surface area contributed by atoms with E-state index >= 15 is 0 Å². The van der Waals surface area contributed by atoms with Gasteiger partial charge in [0.25, 0.3) is 0 Å². The highest BCUT2D eigenvalue weighted by atomic mass is 16.7. The number of amides is 1. The Bertz CT molecular complexity index is 1460. The molecule has 0 radical (unpaired) electrons. The number of hydrogen-bond donors (Lipinski definition) is 6. The van der Waals surface area contributed by atoms with Crippen LogP contribution < -0.4 is 5.32 Å². The predicted octanol–water partition coefficient (Wildman–Crippen LogP) is 15.4. The third-order valence-corrected chi connectivity index (χ3v) is 14.8. The maximum absolute atomic E-state index is 13.0. The van der Waals surface area contributed by atoms with E-state index in [2.05, 4.69) is 67.8 Å². The summed E-state index contributed by atoms with van der Waals surface area (Å²) in [6.07, 6.45) is 61.9. The standard InChI is InChI=1S/C66H119NO10/c1-3-5-7-9-11-13-15-33-36-40-44-48-52-59(69)58(57-76-66-65(74)64(73)63(72)60(56-68)77-66)67-61(70)53-49-45-41-37-34-30-28-26-24-22-20-18-16-17-19-21-23-25-27-29-31-35-39-43-47-51-55-75-62(71)54-50-46-42-38-32-14-12-10-8-6-4-2/h9-12,16,18,33,36,48,52,58-60,63-66,68-69,72-74H,3-8,13-15,17,19-32,34-35,37-47,49-51,53-57H2,1-2H3,(H,67,70)/b11-9+,12-10-,18-16-,36-33+,52-48+. The smallest absolute Gasteiger partial charge is 0.305 e. The number of aliphatic hydroxyl groups is 5. The summed E-state index contributed by atoms with van der Waals surface area (Å²) in [7, 11) is 0. The van der Waals surface area contributed by atoms with Crippen LogP contribution in [0.15, 0.2) is 60.8 Å². The molecule has 1 fully saturated rings. The van der Waals surface area contributed by atoms with Crippen molar-refractivity contribution in [1.29, 1.82) is 0 Å². The Morgan fingerprint density at radius 3 is 1.29 bits per heavy atom. The fourth-order valence-electron chi connectivity index (χ4n) is 9.66. The first-order valence-corrected chi connectivity index (χ1v) is 32.1. The second-order valence-corrected chi connectivity index (χ2v) is 22.1. The molecule has 1 aliphatic heterocycles. The summed E-state index contributed by atoms with van der Waals surface area (Å²) in [5, 5.41) is 54.3. The second kappa shape index (κ2) is 55.3. The van der Waals surface area contributed by atoms with Gasteiger partial charge in [-0.1, -0.05) is 235 Å². The number of ether oxygens (including phenoxy) is 3. The van der Waals surface area contributed by atoms with E-state index in [0.29, 0.717) is 19.4 Å². The van der Waals surface area contributed by atoms with Crippen molar-refractivity contribution in [2.45, 2.75) is 326 Å². The van der Waals surface area contributed by atoms with Crippen LogP contribution in [-0.2, 0) is 23.8 Å². The van der Waals surface area contributed by atoms with Gasteiger partial charge < -0.3 is 45.1 Å². The molecule has 1 amide bonds. The van der Waals surface area contributed by atoms with Crippen LogP contribution in [0.4, 0.5) is 0 Å². The first-order valence-electron chi connectivity index (χ1n) is 32.1. The Morgan fingerprint density at radius 2 is 0.844 bits per heavy atom. The SMILES string of the molecule is CCCC/C=C\CCCCCCCC(=O)OCCCCCCCCCCCCCC/C=C\CCCCCCCCCCCCC(=O)NC(COC1OC(CO)C(O)C(O)C1O)C(O)/C=C/CC/C=C/CC/C=C/CCCC. The average Bonchev–Trinajstić information content (AvgIpc) is 3.43. The van der Waals surface area contributed by atoms with E-state index in [1.165, 1.54) is 180 Å². The normalized spacial score (nSPS) is 19.0. The lowest BCUT2D eigenvalue weighted by atomic mass is 9.99. The minimum atomic E-state index is -1.58. The number of carbonyl (C=O) groups excluding carboxylic acids is 2. The van der Waals surface area contributed by atoms with Crippen molar-refractivity contribution in [3.05, 3.63) is 60.8 Å². The molecule has 7 atom stereocenters. The van der Waals surface area contributed by atoms with E-state index in [9.17, 15) is 35.1 Å². The van der Waals surface area contributed by atoms with Crippen molar-refractivity contribution in [1.82, 2.24) is 5.32 Å². The van der Waals surface area contributed by atoms with Crippen LogP contribution >= 0.6 is 0 Å². The Morgan fingerprint density at radius 1 is 0.468 bits per heavy atom. The van der Waals surface area contributed by atoms with Gasteiger partial charge in [0.2, 0.25) is 5.91 Å². The highest BCUT2D eigenvalue weighted by Crippen LogP contribution is 2.23. The lowest BCUT2D eigenvalue weighted by molar-refractivity contribution is -0.302. The fourth-order valence-corrected chi connectivity index (χ4v) is 9.66. The average molecular weight is 1090 g/mol. The summed E-state index contributed by atoms with van der Waals surface area (Å²) in [6.45, 7) is 4.24. The van der Waals surface area contributed by atoms with E-state index in [0.717, 1.165) is 77.0 Å². The molecule has 0 spiro atoms. The lowest BCUT2D eigenvalue weighted by Crippen LogP contribution is -2.60. The first kappa shape index (κ1) is 72.4. The summed E-state index contributed by atoms with van der Waals surface area (Å²) >= 11 is 0. The molecule has 448 valence electrons. The van der Waals surface area contributed by atoms with Gasteiger partial charge in [-0.25, -0.2) is 0 Å². The molecule has 1 heterocycles. The van der Waals surface area contributed by atoms with Gasteiger partial charge in [0.15, 0.2) is 6.29 Å². The van der Waals surface area contributed by atoms with Crippen LogP contribution in [0.25, 0.3) is 0 Å². The Balaban J connectivity index is 2.03. The van der Waals surface area contributed by atoms with Gasteiger partial charge in [-0.05, 0) is 96.3 Å². The number of carbonyl (C=O) groups is 2. The number of unbranched alkanes of at least 4 members (excludes halogenated alkanes) is 33. The van der Waals surface area contributed by atoms with Gasteiger partial charge >= 0.3 is 5.97 Å². The third-order valence-electron chi connectivity index (χ3n) is 14.8. The highest BCUT2D eigenvalue weighted by molar-refractivity contribution is 5.76. The summed E-state index contributed by atoms with van der Waals surface area (Å²) in [4.78, 5) is 25.0. The molecule has 11 heteroatoms. The Kier molecular flexibility index (Phi) is 52.0. The zero-order valence-electron chi connectivity index (χ0n) is 49.4. The molecule has 0 saturated carbocycles. The molecule has 77 heavy (non-hydrogen) atoms. The van der Waals surface area contributed by atoms with E-state index in [1.807, 2.05) is 6.08 Å². The maximum Gasteiger partial charge on any atom is 0.305 e. The van der Waals surface area contributed by atoms with Crippen LogP contribution in [0, 0.1) is 0 Å². The minimum Gasteiger partial charge on any atom is -0.466 e. The van der Waals surface area contributed by atoms with Crippen molar-refractivity contribution in [3.8, 4) is 0 Å². The van der Waals surface area contributed by atoms with E-state index < -0.39 is 49.5 Å². The number of hydrogen-bond acceptors (Lipinski definition) is 10. The van der Waals surface area contributed by atoms with Crippen molar-refractivity contribution in [3.63, 3.8) is 0 Å². The third kappa shape index (κ3) is 44.8. The van der Waals surface area contributed by atoms with Crippen molar-refractivity contribution < 1.29 is 49.3 Å². The van der Waals surface area contributed by atoms with Crippen molar-refractivity contribution in [2.75, 3.05) is 19.8 Å². The molecule has 1 rings (SSSR count). The van der Waals surface area contributed by atoms with E-state index in [1.54, 1.807) is 6.08 Å². The van der Waals surface area contributed by atoms with E-state index in [4.69, 9.17) is 14.2 Å². The second-order valence-electron chi connectivity index (χ2n) is 22.1. The molecular weight excluding hydrogens is 967 g/mol. The topological polar surface area (TPSA) is 175 Å². The fraction of sp³-hybridized carbons (Fsp3) is 0.818. The quantitative estimate of drug-likeness (QED) is 0.0195. The van der Waals surface area contributed by atoms with Crippen LogP contribution in [0.5, 0.6) is 0 Å². The maximum atomic E-state index is 13.0. The van der Waals surface area contributed by atoms with E-state index in [-0.39, 0.29) is 18.5 Å². The molecule has 0 bridgehead atoms. The van der Waals surface area contributed by atoms with Crippen LogP contribution in [0.2, 0.25) is 0 Å². The largest absolute Gasteiger partial charge is 0.466 e. The minimum absolute atomic E-state index is 0.00806. The summed E-state index contributed by atoms with van der Waals surface area (Å²) in [5.74, 6) is -0.208. The zero-order valence-corrected chi connectivity index (χ0v) is 49.4. The number of rotatable bonds is 55. The number of allylic oxidation sites excluding steroid dienone is 9. The molecular formula is C66H119NO10. The zero-order chi connectivity index (χ0) is 55.9. The van der Waals surface area contributed by atoms with Gasteiger partial charge in [-0.15, -0.1) is 0 Å². The van der Waals surface area contributed by atoms with Crippen molar-refractivity contribution in [2.24, 2.45) is 0 Å². The molecule has 1 saturated heterocycles. The van der Waals surface area contributed by atoms with Gasteiger partial charge in [0.1, 0.15) is 24.4 Å². The summed E-state index contributed by atoms with van der Waals surface area (Å²) < 4.78 is 16.7. The molecule has 0 aromatic heterocycles. The summed E-state index contributed by atoms with van der Waals surface area (Å²) in [5.41, 5.74) is 0. The number of esters is 1. The first-order chi connectivity index (χ1) is 37.7. The Labute approximate surface area is 471 Å². The van der Waals surface area contributed by atoms with Crippen LogP contribution in [0.1, 0.15) is 284 Å². The molecule has 0 aliphatic carbocycles. The number of aliphatic hydroxyl groups excluding tert-OH is 5. The monoisotopic (exact) mass is 1090 g/mol. The van der Waals surface area contributed by atoms with Gasteiger partial charge in [-0.2, -0.15) is 0 Å². The molecule has 11 nitrogen and oxygen atoms in total. The van der Waals surface area contributed by atoms with Gasteiger partial charge in [0.05, 0.1) is 32.0 Å². The van der Waals surface area contributed by atoms with Gasteiger partial charge in [-0.3, -0.25) is 9.59 Å². The van der Waals surface area contributed by atoms with Crippen molar-refractivity contribution >= 4 is 11.9 Å². The molecule has 6 N–H and O–H groups in total. The number of nitrogens with one attached hydrogen (secondary N) is 1. The predicted molar refractivity (Wildman–Crippen MR) is 320 cm³/mol. The summed E-state index contributed by atoms with van der Waals surface area (Å²) in [6, 6.07) is -0.837. The molecule has 0 aromatic carbocycles. The Hall–Kier alpha value is -2.64.